The van der Waals surface area contributed by atoms with Crippen LogP contribution in [0.3, 0.4) is 0 Å². The van der Waals surface area contributed by atoms with E-state index in [0.717, 1.165) is 9.87 Å². The molecule has 10 heteroatoms. The second-order valence-electron chi connectivity index (χ2n) is 9.89. The van der Waals surface area contributed by atoms with Gasteiger partial charge in [-0.2, -0.15) is 0 Å². The second-order valence-corrected chi connectivity index (χ2v) is 12.2. The molecule has 1 N–H and O–H groups in total. The summed E-state index contributed by atoms with van der Waals surface area (Å²) in [5.41, 5.74) is 1.79. The molecule has 0 aliphatic carbocycles. The number of hydrogen-bond donors (Lipinski definition) is 1. The molecule has 43 heavy (non-hydrogen) atoms. The molecule has 0 aromatic heterocycles. The maximum absolute atomic E-state index is 14.1. The Morgan fingerprint density at radius 1 is 0.860 bits per heavy atom. The van der Waals surface area contributed by atoms with E-state index >= 15 is 0 Å². The van der Waals surface area contributed by atoms with Crippen molar-refractivity contribution in [1.82, 2.24) is 10.2 Å². The number of hydrogen-bond acceptors (Lipinski definition) is 5. The minimum absolute atomic E-state index is 0.0205. The summed E-state index contributed by atoms with van der Waals surface area (Å²) in [4.78, 5) is 28.4. The van der Waals surface area contributed by atoms with E-state index in [1.165, 1.54) is 24.1 Å². The summed E-state index contributed by atoms with van der Waals surface area (Å²) in [6.07, 6.45) is 0.312. The fourth-order valence-electron chi connectivity index (χ4n) is 4.57. The molecule has 1 atom stereocenters. The van der Waals surface area contributed by atoms with Crippen molar-refractivity contribution in [2.45, 2.75) is 37.8 Å². The van der Waals surface area contributed by atoms with Crippen molar-refractivity contribution in [3.8, 4) is 11.5 Å². The standard InChI is InChI=1S/C33H34ClN3O5S/c1-4-31(33(39)35-3)36(22-25-10-8-9-13-30(25)34)32(38)23-37(43(40,41)29-20-14-24(2)15-21-29)26-16-18-28(19-17-26)42-27-11-6-5-7-12-27/h5-21,31H,4,22-23H2,1-3H3,(H,35,39)/t31-/m1/s1. The lowest BCUT2D eigenvalue weighted by molar-refractivity contribution is -0.140. The third-order valence-corrected chi connectivity index (χ3v) is 9.08. The number of nitrogens with one attached hydrogen (secondary N) is 1. The first kappa shape index (κ1) is 31.6. The zero-order chi connectivity index (χ0) is 31.0. The number of benzene rings is 4. The molecule has 0 fully saturated rings. The fraction of sp³-hybridized carbons (Fsp3) is 0.212. The third kappa shape index (κ3) is 7.74. The third-order valence-electron chi connectivity index (χ3n) is 6.92. The highest BCUT2D eigenvalue weighted by Crippen LogP contribution is 2.29. The van der Waals surface area contributed by atoms with Crippen molar-refractivity contribution in [1.29, 1.82) is 0 Å². The molecular weight excluding hydrogens is 586 g/mol. The van der Waals surface area contributed by atoms with Crippen molar-refractivity contribution in [2.75, 3.05) is 17.9 Å². The van der Waals surface area contributed by atoms with Gasteiger partial charge in [-0.1, -0.05) is 72.6 Å². The monoisotopic (exact) mass is 619 g/mol. The average molecular weight is 620 g/mol. The topological polar surface area (TPSA) is 96.0 Å². The molecule has 0 radical (unpaired) electrons. The molecule has 2 amide bonds. The SMILES string of the molecule is CC[C@H](C(=O)NC)N(Cc1ccccc1Cl)C(=O)CN(c1ccc(Oc2ccccc2)cc1)S(=O)(=O)c1ccc(C)cc1. The zero-order valence-corrected chi connectivity index (χ0v) is 25.8. The predicted molar refractivity (Wildman–Crippen MR) is 169 cm³/mol. The molecule has 0 saturated carbocycles. The number of anilines is 1. The second kappa shape index (κ2) is 14.2. The molecule has 0 aliphatic heterocycles. The Morgan fingerprint density at radius 3 is 2.07 bits per heavy atom. The molecule has 0 heterocycles. The van der Waals surface area contributed by atoms with Crippen molar-refractivity contribution >= 4 is 39.1 Å². The maximum Gasteiger partial charge on any atom is 0.264 e. The van der Waals surface area contributed by atoms with E-state index in [-0.39, 0.29) is 23.0 Å². The van der Waals surface area contributed by atoms with E-state index in [1.807, 2.05) is 37.3 Å². The van der Waals surface area contributed by atoms with E-state index < -0.39 is 28.5 Å². The number of aryl methyl sites for hydroxylation is 1. The average Bonchev–Trinajstić information content (AvgIpc) is 3.01. The summed E-state index contributed by atoms with van der Waals surface area (Å²) in [5.74, 6) is 0.207. The number of amides is 2. The van der Waals surface area contributed by atoms with Gasteiger partial charge in [-0.15, -0.1) is 0 Å². The van der Waals surface area contributed by atoms with Gasteiger partial charge in [0.25, 0.3) is 10.0 Å². The highest BCUT2D eigenvalue weighted by molar-refractivity contribution is 7.92. The minimum atomic E-state index is -4.19. The van der Waals surface area contributed by atoms with Crippen molar-refractivity contribution in [3.05, 3.63) is 119 Å². The molecule has 0 saturated heterocycles. The van der Waals surface area contributed by atoms with Crippen LogP contribution < -0.4 is 14.4 Å². The number of sulfonamides is 1. The number of halogens is 1. The lowest BCUT2D eigenvalue weighted by Gasteiger charge is -2.33. The molecule has 0 aliphatic rings. The van der Waals surface area contributed by atoms with Gasteiger partial charge in [0.15, 0.2) is 0 Å². The zero-order valence-electron chi connectivity index (χ0n) is 24.2. The van der Waals surface area contributed by atoms with Gasteiger partial charge in [0.05, 0.1) is 10.6 Å². The van der Waals surface area contributed by atoms with Gasteiger partial charge in [-0.25, -0.2) is 8.42 Å². The molecule has 4 aromatic carbocycles. The van der Waals surface area contributed by atoms with Crippen LogP contribution in [-0.2, 0) is 26.2 Å². The Kier molecular flexibility index (Phi) is 10.4. The smallest absolute Gasteiger partial charge is 0.264 e. The van der Waals surface area contributed by atoms with Crippen LogP contribution in [0.15, 0.2) is 108 Å². The van der Waals surface area contributed by atoms with Crippen LogP contribution in [0.5, 0.6) is 11.5 Å². The van der Waals surface area contributed by atoms with Gasteiger partial charge in [0.1, 0.15) is 24.1 Å². The minimum Gasteiger partial charge on any atom is -0.457 e. The quantitative estimate of drug-likeness (QED) is 0.204. The highest BCUT2D eigenvalue weighted by Gasteiger charge is 2.33. The van der Waals surface area contributed by atoms with Crippen LogP contribution in [0, 0.1) is 6.92 Å². The molecule has 0 spiro atoms. The normalized spacial score (nSPS) is 11.8. The van der Waals surface area contributed by atoms with Gasteiger partial charge < -0.3 is 15.0 Å². The first-order valence-electron chi connectivity index (χ1n) is 13.8. The van der Waals surface area contributed by atoms with Gasteiger partial charge >= 0.3 is 0 Å². The van der Waals surface area contributed by atoms with Crippen LogP contribution in [0.25, 0.3) is 0 Å². The maximum atomic E-state index is 14.1. The summed E-state index contributed by atoms with van der Waals surface area (Å²) in [6, 6.07) is 28.3. The predicted octanol–water partition coefficient (Wildman–Crippen LogP) is 6.19. The number of rotatable bonds is 12. The Balaban J connectivity index is 1.73. The van der Waals surface area contributed by atoms with E-state index in [9.17, 15) is 18.0 Å². The first-order chi connectivity index (χ1) is 20.6. The largest absolute Gasteiger partial charge is 0.457 e. The van der Waals surface area contributed by atoms with Crippen LogP contribution in [0.4, 0.5) is 5.69 Å². The van der Waals surface area contributed by atoms with Gasteiger partial charge in [0.2, 0.25) is 11.8 Å². The number of likely N-dealkylation sites (N-methyl/N-ethyl adjacent to an activating group) is 1. The summed E-state index contributed by atoms with van der Waals surface area (Å²) in [6.45, 7) is 3.12. The summed E-state index contributed by atoms with van der Waals surface area (Å²) in [5, 5.41) is 3.05. The van der Waals surface area contributed by atoms with E-state index in [2.05, 4.69) is 5.32 Å². The lowest BCUT2D eigenvalue weighted by atomic mass is 10.1. The van der Waals surface area contributed by atoms with Crippen molar-refractivity contribution in [2.24, 2.45) is 0 Å². The molecular formula is C33H34ClN3O5S. The molecule has 4 rings (SSSR count). The Labute approximate surface area is 257 Å². The highest BCUT2D eigenvalue weighted by atomic mass is 35.5. The molecule has 8 nitrogen and oxygen atoms in total. The first-order valence-corrected chi connectivity index (χ1v) is 15.6. The molecule has 4 aromatic rings. The fourth-order valence-corrected chi connectivity index (χ4v) is 6.18. The summed E-state index contributed by atoms with van der Waals surface area (Å²) >= 11 is 6.42. The van der Waals surface area contributed by atoms with Crippen LogP contribution in [0.1, 0.15) is 24.5 Å². The van der Waals surface area contributed by atoms with E-state index in [1.54, 1.807) is 67.6 Å². The lowest BCUT2D eigenvalue weighted by Crippen LogP contribution is -2.51. The Morgan fingerprint density at radius 2 is 1.47 bits per heavy atom. The van der Waals surface area contributed by atoms with Gasteiger partial charge in [-0.05, 0) is 73.5 Å². The Hall–Kier alpha value is -4.34. The van der Waals surface area contributed by atoms with Crippen LogP contribution in [0.2, 0.25) is 5.02 Å². The Bertz CT molecular complexity index is 1650. The number of para-hydroxylation sites is 1. The molecule has 0 bridgehead atoms. The number of nitrogens with zero attached hydrogens (tertiary/aromatic N) is 2. The van der Waals surface area contributed by atoms with E-state index in [0.29, 0.717) is 28.5 Å². The summed E-state index contributed by atoms with van der Waals surface area (Å²) in [7, 11) is -2.70. The number of carbonyl (C=O) groups is 2. The van der Waals surface area contributed by atoms with Crippen LogP contribution in [-0.4, -0.2) is 44.8 Å². The molecule has 0 unspecified atom stereocenters. The summed E-state index contributed by atoms with van der Waals surface area (Å²) < 4.78 is 35.0. The van der Waals surface area contributed by atoms with Crippen molar-refractivity contribution < 1.29 is 22.7 Å². The number of carbonyl (C=O) groups excluding carboxylic acids is 2. The van der Waals surface area contributed by atoms with Crippen molar-refractivity contribution in [3.63, 3.8) is 0 Å². The number of ether oxygens (including phenoxy) is 1. The molecule has 224 valence electrons. The van der Waals surface area contributed by atoms with Crippen LogP contribution >= 0.6 is 11.6 Å². The van der Waals surface area contributed by atoms with Gasteiger partial charge in [0, 0.05) is 18.6 Å². The van der Waals surface area contributed by atoms with Gasteiger partial charge in [-0.3, -0.25) is 13.9 Å². The van der Waals surface area contributed by atoms with E-state index in [4.69, 9.17) is 16.3 Å².